The van der Waals surface area contributed by atoms with Crippen molar-refractivity contribution in [3.05, 3.63) is 0 Å². The number of nitrogens with zero attached hydrogens (tertiary/aromatic N) is 1. The van der Waals surface area contributed by atoms with Crippen LogP contribution in [-0.2, 0) is 9.59 Å². The van der Waals surface area contributed by atoms with E-state index in [2.05, 4.69) is 19.2 Å². The molecular formula is C12H23N3O2. The summed E-state index contributed by atoms with van der Waals surface area (Å²) >= 11 is 0. The van der Waals surface area contributed by atoms with Crippen molar-refractivity contribution in [3.63, 3.8) is 0 Å². The lowest BCUT2D eigenvalue weighted by Crippen LogP contribution is -2.42. The SMILES string of the molecule is CC(C)NCCC(=O)N1CCC(C(N)=O)CC1. The Bertz CT molecular complexity index is 271. The summed E-state index contributed by atoms with van der Waals surface area (Å²) in [6, 6.07) is 0.406. The van der Waals surface area contributed by atoms with Gasteiger partial charge in [-0.25, -0.2) is 0 Å². The van der Waals surface area contributed by atoms with Gasteiger partial charge < -0.3 is 16.0 Å². The van der Waals surface area contributed by atoms with Crippen LogP contribution in [0.5, 0.6) is 0 Å². The molecule has 1 fully saturated rings. The molecule has 1 rings (SSSR count). The van der Waals surface area contributed by atoms with Gasteiger partial charge >= 0.3 is 0 Å². The number of rotatable bonds is 5. The van der Waals surface area contributed by atoms with Crippen molar-refractivity contribution >= 4 is 11.8 Å². The summed E-state index contributed by atoms with van der Waals surface area (Å²) in [5.74, 6) is -0.118. The van der Waals surface area contributed by atoms with E-state index < -0.39 is 0 Å². The average Bonchev–Trinajstić information content (AvgIpc) is 2.28. The highest BCUT2D eigenvalue weighted by Crippen LogP contribution is 2.16. The lowest BCUT2D eigenvalue weighted by molar-refractivity contribution is -0.134. The molecule has 2 amide bonds. The first-order chi connectivity index (χ1) is 8.00. The number of amides is 2. The van der Waals surface area contributed by atoms with Gasteiger partial charge in [-0.05, 0) is 12.8 Å². The molecule has 0 bridgehead atoms. The number of carbonyl (C=O) groups is 2. The lowest BCUT2D eigenvalue weighted by atomic mass is 9.96. The molecule has 5 heteroatoms. The Morgan fingerprint density at radius 3 is 2.41 bits per heavy atom. The molecule has 3 N–H and O–H groups in total. The predicted molar refractivity (Wildman–Crippen MR) is 66.3 cm³/mol. The van der Waals surface area contributed by atoms with Crippen LogP contribution in [0.15, 0.2) is 0 Å². The molecule has 0 spiro atoms. The zero-order valence-electron chi connectivity index (χ0n) is 10.7. The number of hydrogen-bond donors (Lipinski definition) is 2. The monoisotopic (exact) mass is 241 g/mol. The largest absolute Gasteiger partial charge is 0.369 e. The molecular weight excluding hydrogens is 218 g/mol. The Morgan fingerprint density at radius 1 is 1.35 bits per heavy atom. The van der Waals surface area contributed by atoms with Crippen LogP contribution in [0.2, 0.25) is 0 Å². The van der Waals surface area contributed by atoms with Crippen LogP contribution < -0.4 is 11.1 Å². The molecule has 0 saturated carbocycles. The third kappa shape index (κ3) is 4.73. The maximum Gasteiger partial charge on any atom is 0.223 e. The zero-order chi connectivity index (χ0) is 12.8. The van der Waals surface area contributed by atoms with Gasteiger partial charge in [-0.3, -0.25) is 9.59 Å². The van der Waals surface area contributed by atoms with Crippen LogP contribution in [0.4, 0.5) is 0 Å². The van der Waals surface area contributed by atoms with E-state index in [1.165, 1.54) is 0 Å². The van der Waals surface area contributed by atoms with Gasteiger partial charge in [0.25, 0.3) is 0 Å². The van der Waals surface area contributed by atoms with Crippen LogP contribution in [0.25, 0.3) is 0 Å². The number of hydrogen-bond acceptors (Lipinski definition) is 3. The fourth-order valence-corrected chi connectivity index (χ4v) is 2.04. The Morgan fingerprint density at radius 2 is 1.94 bits per heavy atom. The second kappa shape index (κ2) is 6.59. The summed E-state index contributed by atoms with van der Waals surface area (Å²) in [6.45, 7) is 6.15. The van der Waals surface area contributed by atoms with Gasteiger partial charge in [0.15, 0.2) is 0 Å². The average molecular weight is 241 g/mol. The smallest absolute Gasteiger partial charge is 0.223 e. The van der Waals surface area contributed by atoms with Crippen LogP contribution in [0, 0.1) is 5.92 Å². The number of nitrogens with two attached hydrogens (primary N) is 1. The van der Waals surface area contributed by atoms with E-state index in [-0.39, 0.29) is 17.7 Å². The van der Waals surface area contributed by atoms with E-state index in [1.807, 2.05) is 4.90 Å². The van der Waals surface area contributed by atoms with Crippen molar-refractivity contribution in [1.29, 1.82) is 0 Å². The molecule has 17 heavy (non-hydrogen) atoms. The first-order valence-electron chi connectivity index (χ1n) is 6.31. The van der Waals surface area contributed by atoms with Gasteiger partial charge in [-0.2, -0.15) is 0 Å². The van der Waals surface area contributed by atoms with E-state index in [0.29, 0.717) is 44.9 Å². The molecule has 5 nitrogen and oxygen atoms in total. The van der Waals surface area contributed by atoms with E-state index in [9.17, 15) is 9.59 Å². The number of likely N-dealkylation sites (tertiary alicyclic amines) is 1. The third-order valence-electron chi connectivity index (χ3n) is 3.14. The maximum absolute atomic E-state index is 11.8. The second-order valence-corrected chi connectivity index (χ2v) is 4.92. The Hall–Kier alpha value is -1.10. The molecule has 98 valence electrons. The maximum atomic E-state index is 11.8. The zero-order valence-corrected chi connectivity index (χ0v) is 10.7. The van der Waals surface area contributed by atoms with Crippen molar-refractivity contribution in [2.24, 2.45) is 11.7 Å². The van der Waals surface area contributed by atoms with E-state index >= 15 is 0 Å². The Balaban J connectivity index is 2.24. The topological polar surface area (TPSA) is 75.4 Å². The predicted octanol–water partition coefficient (Wildman–Crippen LogP) is 0.0984. The van der Waals surface area contributed by atoms with E-state index in [0.717, 1.165) is 0 Å². The van der Waals surface area contributed by atoms with Gasteiger partial charge in [-0.15, -0.1) is 0 Å². The highest BCUT2D eigenvalue weighted by Gasteiger charge is 2.25. The highest BCUT2D eigenvalue weighted by molar-refractivity contribution is 5.78. The summed E-state index contributed by atoms with van der Waals surface area (Å²) in [5, 5.41) is 3.22. The van der Waals surface area contributed by atoms with Gasteiger partial charge in [-0.1, -0.05) is 13.8 Å². The van der Waals surface area contributed by atoms with Crippen molar-refractivity contribution in [2.75, 3.05) is 19.6 Å². The molecule has 0 aromatic heterocycles. The molecule has 1 aliphatic heterocycles. The molecule has 1 heterocycles. The standard InChI is InChI=1S/C12H23N3O2/c1-9(2)14-6-3-11(16)15-7-4-10(5-8-15)12(13)17/h9-10,14H,3-8H2,1-2H3,(H2,13,17). The van der Waals surface area contributed by atoms with Gasteiger partial charge in [0.1, 0.15) is 0 Å². The highest BCUT2D eigenvalue weighted by atomic mass is 16.2. The van der Waals surface area contributed by atoms with Crippen molar-refractivity contribution in [3.8, 4) is 0 Å². The Kier molecular flexibility index (Phi) is 5.41. The third-order valence-corrected chi connectivity index (χ3v) is 3.14. The van der Waals surface area contributed by atoms with Crippen molar-refractivity contribution in [2.45, 2.75) is 39.2 Å². The van der Waals surface area contributed by atoms with Crippen LogP contribution in [-0.4, -0.2) is 42.4 Å². The minimum Gasteiger partial charge on any atom is -0.369 e. The van der Waals surface area contributed by atoms with E-state index in [4.69, 9.17) is 5.73 Å². The first kappa shape index (κ1) is 14.0. The number of primary amides is 1. The molecule has 1 aliphatic rings. The summed E-state index contributed by atoms with van der Waals surface area (Å²) in [5.41, 5.74) is 5.25. The van der Waals surface area contributed by atoms with E-state index in [1.54, 1.807) is 0 Å². The molecule has 0 radical (unpaired) electrons. The normalized spacial score (nSPS) is 17.5. The van der Waals surface area contributed by atoms with Crippen LogP contribution in [0.1, 0.15) is 33.1 Å². The fourth-order valence-electron chi connectivity index (χ4n) is 2.04. The number of nitrogens with one attached hydrogen (secondary N) is 1. The first-order valence-corrected chi connectivity index (χ1v) is 6.31. The summed E-state index contributed by atoms with van der Waals surface area (Å²) in [4.78, 5) is 24.6. The van der Waals surface area contributed by atoms with Gasteiger partial charge in [0.2, 0.25) is 11.8 Å². The number of piperidine rings is 1. The van der Waals surface area contributed by atoms with Gasteiger partial charge in [0, 0.05) is 38.0 Å². The minimum absolute atomic E-state index is 0.0483. The lowest BCUT2D eigenvalue weighted by Gasteiger charge is -2.30. The van der Waals surface area contributed by atoms with Crippen molar-refractivity contribution in [1.82, 2.24) is 10.2 Å². The molecule has 0 unspecified atom stereocenters. The molecule has 1 saturated heterocycles. The fraction of sp³-hybridized carbons (Fsp3) is 0.833. The molecule has 0 atom stereocenters. The van der Waals surface area contributed by atoms with Crippen LogP contribution in [0.3, 0.4) is 0 Å². The molecule has 0 aromatic rings. The quantitative estimate of drug-likeness (QED) is 0.716. The minimum atomic E-state index is -0.237. The van der Waals surface area contributed by atoms with Crippen LogP contribution >= 0.6 is 0 Å². The number of carbonyl (C=O) groups excluding carboxylic acids is 2. The summed E-state index contributed by atoms with van der Waals surface area (Å²) in [7, 11) is 0. The Labute approximate surface area is 103 Å². The molecule has 0 aromatic carbocycles. The second-order valence-electron chi connectivity index (χ2n) is 4.92. The van der Waals surface area contributed by atoms with Gasteiger partial charge in [0.05, 0.1) is 0 Å². The summed E-state index contributed by atoms with van der Waals surface area (Å²) < 4.78 is 0. The van der Waals surface area contributed by atoms with Crippen molar-refractivity contribution < 1.29 is 9.59 Å². The summed E-state index contributed by atoms with van der Waals surface area (Å²) in [6.07, 6.45) is 1.94. The molecule has 0 aliphatic carbocycles.